The lowest BCUT2D eigenvalue weighted by Gasteiger charge is -2.37. The summed E-state index contributed by atoms with van der Waals surface area (Å²) in [6.07, 6.45) is 0. The molecular formula is C14H14BrN3O2. The lowest BCUT2D eigenvalue weighted by atomic mass is 9.91. The second-order valence-electron chi connectivity index (χ2n) is 5.13. The van der Waals surface area contributed by atoms with Crippen molar-refractivity contribution < 1.29 is 9.90 Å². The van der Waals surface area contributed by atoms with Gasteiger partial charge in [0.15, 0.2) is 0 Å². The molecule has 2 N–H and O–H groups in total. The van der Waals surface area contributed by atoms with Crippen LogP contribution in [-0.2, 0) is 0 Å². The summed E-state index contributed by atoms with van der Waals surface area (Å²) in [5.41, 5.74) is 2.93. The van der Waals surface area contributed by atoms with Gasteiger partial charge in [-0.2, -0.15) is 5.10 Å². The van der Waals surface area contributed by atoms with Gasteiger partial charge in [-0.05, 0) is 24.7 Å². The number of hydrogen-bond acceptors (Lipinski definition) is 3. The maximum Gasteiger partial charge on any atom is 0.353 e. The van der Waals surface area contributed by atoms with Gasteiger partial charge >= 0.3 is 5.97 Å². The number of rotatable bonds is 3. The predicted octanol–water partition coefficient (Wildman–Crippen LogP) is 2.57. The lowest BCUT2D eigenvalue weighted by Crippen LogP contribution is -2.41. The molecule has 1 fully saturated rings. The van der Waals surface area contributed by atoms with Gasteiger partial charge in [-0.25, -0.2) is 4.79 Å². The fourth-order valence-corrected chi connectivity index (χ4v) is 3.19. The number of carboxylic acid groups (broad SMARTS) is 1. The number of likely N-dealkylation sites (tertiary alicyclic amines) is 1. The first kappa shape index (κ1) is 13.3. The van der Waals surface area contributed by atoms with Crippen LogP contribution in [0.5, 0.6) is 0 Å². The summed E-state index contributed by atoms with van der Waals surface area (Å²) < 4.78 is 1.05. The first-order chi connectivity index (χ1) is 9.54. The molecule has 1 aromatic heterocycles. The average Bonchev–Trinajstić information content (AvgIpc) is 2.85. The number of likely N-dealkylation sites (N-methyl/N-ethyl adjacent to an activating group) is 1. The standard InChI is InChI=1S/C14H14BrN3O2/c1-18-6-9(7-18)10-3-2-8(4-11(10)15)12-5-13(14(19)20)17-16-12/h2-5,9H,6-7H2,1H3,(H,16,17)(H,19,20). The second-order valence-corrected chi connectivity index (χ2v) is 5.98. The van der Waals surface area contributed by atoms with Crippen LogP contribution < -0.4 is 0 Å². The molecule has 1 aliphatic rings. The maximum absolute atomic E-state index is 10.8. The Labute approximate surface area is 124 Å². The quantitative estimate of drug-likeness (QED) is 0.904. The molecule has 0 unspecified atom stereocenters. The molecule has 0 atom stereocenters. The van der Waals surface area contributed by atoms with E-state index in [2.05, 4.69) is 44.1 Å². The van der Waals surface area contributed by atoms with Crippen molar-refractivity contribution in [3.05, 3.63) is 40.0 Å². The number of carbonyl (C=O) groups is 1. The summed E-state index contributed by atoms with van der Waals surface area (Å²) in [5.74, 6) is -0.436. The number of aromatic carboxylic acids is 1. The Morgan fingerprint density at radius 1 is 1.45 bits per heavy atom. The topological polar surface area (TPSA) is 69.2 Å². The van der Waals surface area contributed by atoms with E-state index in [9.17, 15) is 4.79 Å². The molecule has 0 bridgehead atoms. The molecule has 1 saturated heterocycles. The van der Waals surface area contributed by atoms with Crippen LogP contribution in [0, 0.1) is 0 Å². The molecule has 6 heteroatoms. The van der Waals surface area contributed by atoms with Crippen molar-refractivity contribution in [2.24, 2.45) is 0 Å². The van der Waals surface area contributed by atoms with E-state index in [-0.39, 0.29) is 5.69 Å². The molecular weight excluding hydrogens is 322 g/mol. The van der Waals surface area contributed by atoms with E-state index in [1.807, 2.05) is 12.1 Å². The van der Waals surface area contributed by atoms with E-state index in [0.29, 0.717) is 11.6 Å². The molecule has 1 aromatic carbocycles. The van der Waals surface area contributed by atoms with Crippen molar-refractivity contribution in [3.8, 4) is 11.3 Å². The van der Waals surface area contributed by atoms with Gasteiger partial charge in [0.05, 0.1) is 5.69 Å². The third-order valence-corrected chi connectivity index (χ3v) is 4.30. The molecule has 104 valence electrons. The van der Waals surface area contributed by atoms with Crippen LogP contribution in [0.15, 0.2) is 28.7 Å². The van der Waals surface area contributed by atoms with Crippen molar-refractivity contribution in [1.29, 1.82) is 0 Å². The maximum atomic E-state index is 10.8. The summed E-state index contributed by atoms with van der Waals surface area (Å²) in [6, 6.07) is 7.61. The number of H-pyrrole nitrogens is 1. The first-order valence-electron chi connectivity index (χ1n) is 6.31. The normalized spacial score (nSPS) is 16.1. The van der Waals surface area contributed by atoms with E-state index < -0.39 is 5.97 Å². The van der Waals surface area contributed by atoms with Crippen LogP contribution in [0.1, 0.15) is 22.0 Å². The van der Waals surface area contributed by atoms with Crippen molar-refractivity contribution in [1.82, 2.24) is 15.1 Å². The molecule has 1 aliphatic heterocycles. The predicted molar refractivity (Wildman–Crippen MR) is 78.9 cm³/mol. The number of carboxylic acids is 1. The fourth-order valence-electron chi connectivity index (χ4n) is 2.49. The summed E-state index contributed by atoms with van der Waals surface area (Å²) >= 11 is 3.60. The Morgan fingerprint density at radius 3 is 2.75 bits per heavy atom. The molecule has 0 saturated carbocycles. The Hall–Kier alpha value is -1.66. The molecule has 0 radical (unpaired) electrons. The number of aromatic amines is 1. The van der Waals surface area contributed by atoms with Crippen molar-refractivity contribution in [3.63, 3.8) is 0 Å². The van der Waals surface area contributed by atoms with Crippen LogP contribution in [-0.4, -0.2) is 46.3 Å². The summed E-state index contributed by atoms with van der Waals surface area (Å²) in [6.45, 7) is 2.15. The van der Waals surface area contributed by atoms with Gasteiger partial charge in [-0.15, -0.1) is 0 Å². The minimum absolute atomic E-state index is 0.0980. The largest absolute Gasteiger partial charge is 0.477 e. The first-order valence-corrected chi connectivity index (χ1v) is 7.11. The Morgan fingerprint density at radius 2 is 2.20 bits per heavy atom. The second kappa shape index (κ2) is 5.03. The number of aromatic nitrogens is 2. The Kier molecular flexibility index (Phi) is 3.35. The molecule has 0 spiro atoms. The third kappa shape index (κ3) is 2.36. The van der Waals surface area contributed by atoms with Crippen LogP contribution in [0.3, 0.4) is 0 Å². The zero-order valence-electron chi connectivity index (χ0n) is 10.9. The van der Waals surface area contributed by atoms with Gasteiger partial charge in [-0.3, -0.25) is 5.10 Å². The fraction of sp³-hybridized carbons (Fsp3) is 0.286. The minimum atomic E-state index is -1.00. The van der Waals surface area contributed by atoms with Gasteiger partial charge in [0.25, 0.3) is 0 Å². The highest BCUT2D eigenvalue weighted by Gasteiger charge is 2.26. The van der Waals surface area contributed by atoms with E-state index in [0.717, 1.165) is 23.1 Å². The number of nitrogens with one attached hydrogen (secondary N) is 1. The number of hydrogen-bond donors (Lipinski definition) is 2. The van der Waals surface area contributed by atoms with Crippen LogP contribution in [0.4, 0.5) is 0 Å². The average molecular weight is 336 g/mol. The van der Waals surface area contributed by atoms with Gasteiger partial charge in [0.2, 0.25) is 0 Å². The number of nitrogens with zero attached hydrogens (tertiary/aromatic N) is 2. The van der Waals surface area contributed by atoms with Crippen LogP contribution in [0.25, 0.3) is 11.3 Å². The Balaban J connectivity index is 1.87. The van der Waals surface area contributed by atoms with E-state index in [1.165, 1.54) is 5.56 Å². The minimum Gasteiger partial charge on any atom is -0.477 e. The molecule has 5 nitrogen and oxygen atoms in total. The van der Waals surface area contributed by atoms with Crippen molar-refractivity contribution >= 4 is 21.9 Å². The zero-order chi connectivity index (χ0) is 14.3. The monoisotopic (exact) mass is 335 g/mol. The van der Waals surface area contributed by atoms with E-state index in [4.69, 9.17) is 5.11 Å². The zero-order valence-corrected chi connectivity index (χ0v) is 12.5. The van der Waals surface area contributed by atoms with Gasteiger partial charge in [0, 0.05) is 29.0 Å². The van der Waals surface area contributed by atoms with Gasteiger partial charge < -0.3 is 10.0 Å². The van der Waals surface area contributed by atoms with Crippen molar-refractivity contribution in [2.75, 3.05) is 20.1 Å². The van der Waals surface area contributed by atoms with E-state index >= 15 is 0 Å². The smallest absolute Gasteiger partial charge is 0.353 e. The molecule has 0 amide bonds. The van der Waals surface area contributed by atoms with Gasteiger partial charge in [-0.1, -0.05) is 28.1 Å². The highest BCUT2D eigenvalue weighted by Crippen LogP contribution is 2.33. The summed E-state index contributed by atoms with van der Waals surface area (Å²) in [7, 11) is 2.11. The molecule has 0 aliphatic carbocycles. The van der Waals surface area contributed by atoms with Crippen LogP contribution in [0.2, 0.25) is 0 Å². The molecule has 2 heterocycles. The Bertz CT molecular complexity index is 662. The van der Waals surface area contributed by atoms with Crippen molar-refractivity contribution in [2.45, 2.75) is 5.92 Å². The summed E-state index contributed by atoms with van der Waals surface area (Å²) in [4.78, 5) is 13.1. The molecule has 20 heavy (non-hydrogen) atoms. The highest BCUT2D eigenvalue weighted by molar-refractivity contribution is 9.10. The van der Waals surface area contributed by atoms with Crippen LogP contribution >= 0.6 is 15.9 Å². The molecule has 2 aromatic rings. The summed E-state index contributed by atoms with van der Waals surface area (Å²) in [5, 5.41) is 15.4. The number of halogens is 1. The van der Waals surface area contributed by atoms with Gasteiger partial charge in [0.1, 0.15) is 5.69 Å². The lowest BCUT2D eigenvalue weighted by molar-refractivity contribution is 0.0690. The highest BCUT2D eigenvalue weighted by atomic mass is 79.9. The SMILES string of the molecule is CN1CC(c2ccc(-c3cc(C(=O)O)[nH]n3)cc2Br)C1. The third-order valence-electron chi connectivity index (χ3n) is 3.61. The number of benzene rings is 1. The van der Waals surface area contributed by atoms with E-state index in [1.54, 1.807) is 6.07 Å². The molecule has 3 rings (SSSR count).